The van der Waals surface area contributed by atoms with Gasteiger partial charge < -0.3 is 9.32 Å². The number of carbonyl (C=O) groups is 2. The molecule has 2 aromatic heterocycles. The molecule has 1 aromatic carbocycles. The van der Waals surface area contributed by atoms with E-state index < -0.39 is 9.84 Å². The van der Waals surface area contributed by atoms with Gasteiger partial charge in [-0.05, 0) is 35.7 Å². The second-order valence-corrected chi connectivity index (χ2v) is 9.51. The van der Waals surface area contributed by atoms with Gasteiger partial charge in [0, 0.05) is 24.9 Å². The molecule has 1 fully saturated rings. The summed E-state index contributed by atoms with van der Waals surface area (Å²) >= 11 is 1.29. The zero-order chi connectivity index (χ0) is 20.6. The van der Waals surface area contributed by atoms with Crippen molar-refractivity contribution in [2.24, 2.45) is 0 Å². The second kappa shape index (κ2) is 7.41. The van der Waals surface area contributed by atoms with Crippen LogP contribution in [0.4, 0.5) is 11.7 Å². The minimum absolute atomic E-state index is 0.0261. The van der Waals surface area contributed by atoms with Gasteiger partial charge in [0.2, 0.25) is 11.8 Å². The Morgan fingerprint density at radius 3 is 2.66 bits per heavy atom. The molecule has 2 amide bonds. The number of nitrogens with zero attached hydrogens (tertiary/aromatic N) is 3. The number of hydrogen-bond acceptors (Lipinski definition) is 8. The van der Waals surface area contributed by atoms with E-state index in [-0.39, 0.29) is 41.0 Å². The molecule has 150 valence electrons. The number of thiophene rings is 1. The molecule has 1 unspecified atom stereocenters. The first-order valence-corrected chi connectivity index (χ1v) is 11.4. The summed E-state index contributed by atoms with van der Waals surface area (Å²) in [5.74, 6) is -0.540. The zero-order valence-corrected chi connectivity index (χ0v) is 16.9. The Kier molecular flexibility index (Phi) is 4.92. The van der Waals surface area contributed by atoms with Crippen LogP contribution in [0.25, 0.3) is 0 Å². The lowest BCUT2D eigenvalue weighted by molar-refractivity contribution is -0.117. The molecular weight excluding hydrogens is 416 g/mol. The first-order chi connectivity index (χ1) is 13.8. The highest BCUT2D eigenvalue weighted by molar-refractivity contribution is 7.90. The maximum absolute atomic E-state index is 12.4. The first-order valence-electron chi connectivity index (χ1n) is 8.60. The van der Waals surface area contributed by atoms with Gasteiger partial charge in [-0.15, -0.1) is 16.4 Å². The van der Waals surface area contributed by atoms with Gasteiger partial charge in [0.1, 0.15) is 0 Å². The van der Waals surface area contributed by atoms with Crippen LogP contribution in [0, 0.1) is 0 Å². The largest absolute Gasteiger partial charge is 0.407 e. The van der Waals surface area contributed by atoms with E-state index in [2.05, 4.69) is 15.5 Å². The molecule has 0 saturated carbocycles. The summed E-state index contributed by atoms with van der Waals surface area (Å²) in [5.41, 5.74) is 0.593. The molecule has 0 aliphatic carbocycles. The van der Waals surface area contributed by atoms with E-state index in [4.69, 9.17) is 4.42 Å². The molecular formula is C18H16N4O5S2. The number of hydrogen-bond donors (Lipinski definition) is 1. The zero-order valence-electron chi connectivity index (χ0n) is 15.2. The van der Waals surface area contributed by atoms with E-state index in [9.17, 15) is 18.0 Å². The molecule has 1 N–H and O–H groups in total. The molecule has 1 atom stereocenters. The standard InChI is InChI=1S/C18H16N4O5S2/c1-29(25,26)13-6-4-12(5-7-13)22-10-11(9-15(22)23)17-20-21-18(27-17)19-16(24)14-3-2-8-28-14/h2-8,11H,9-10H2,1H3,(H,19,21,24). The van der Waals surface area contributed by atoms with E-state index in [1.165, 1.54) is 23.5 Å². The predicted molar refractivity (Wildman–Crippen MR) is 106 cm³/mol. The van der Waals surface area contributed by atoms with E-state index in [1.807, 2.05) is 0 Å². The Hall–Kier alpha value is -3.05. The monoisotopic (exact) mass is 432 g/mol. The molecule has 1 saturated heterocycles. The van der Waals surface area contributed by atoms with Gasteiger partial charge in [0.05, 0.1) is 15.7 Å². The maximum Gasteiger partial charge on any atom is 0.322 e. The normalized spacial score (nSPS) is 16.9. The topological polar surface area (TPSA) is 122 Å². The molecule has 0 radical (unpaired) electrons. The molecule has 3 aromatic rings. The second-order valence-electron chi connectivity index (χ2n) is 6.55. The minimum atomic E-state index is -3.30. The Balaban J connectivity index is 1.45. The highest BCUT2D eigenvalue weighted by Crippen LogP contribution is 2.32. The number of sulfone groups is 1. The van der Waals surface area contributed by atoms with Gasteiger partial charge >= 0.3 is 6.01 Å². The quantitative estimate of drug-likeness (QED) is 0.656. The first kappa shape index (κ1) is 19.3. The number of rotatable bonds is 5. The Morgan fingerprint density at radius 2 is 2.00 bits per heavy atom. The van der Waals surface area contributed by atoms with Crippen LogP contribution in [-0.2, 0) is 14.6 Å². The van der Waals surface area contributed by atoms with Crippen molar-refractivity contribution in [1.29, 1.82) is 0 Å². The van der Waals surface area contributed by atoms with Crippen molar-refractivity contribution >= 4 is 44.7 Å². The fourth-order valence-corrected chi connectivity index (χ4v) is 4.26. The Labute approximate surface area is 170 Å². The molecule has 0 spiro atoms. The van der Waals surface area contributed by atoms with Gasteiger partial charge in [0.15, 0.2) is 9.84 Å². The summed E-state index contributed by atoms with van der Waals surface area (Å²) in [6.45, 7) is 0.317. The van der Waals surface area contributed by atoms with Crippen LogP contribution in [0.15, 0.2) is 51.1 Å². The lowest BCUT2D eigenvalue weighted by Gasteiger charge is -2.16. The van der Waals surface area contributed by atoms with Crippen LogP contribution in [0.1, 0.15) is 27.9 Å². The number of nitrogens with one attached hydrogen (secondary N) is 1. The van der Waals surface area contributed by atoms with Crippen LogP contribution >= 0.6 is 11.3 Å². The van der Waals surface area contributed by atoms with Crippen LogP contribution in [0.3, 0.4) is 0 Å². The average molecular weight is 432 g/mol. The maximum atomic E-state index is 12.4. The fraction of sp³-hybridized carbons (Fsp3) is 0.222. The van der Waals surface area contributed by atoms with E-state index >= 15 is 0 Å². The van der Waals surface area contributed by atoms with Crippen LogP contribution in [0.5, 0.6) is 0 Å². The van der Waals surface area contributed by atoms with Crippen molar-refractivity contribution in [3.05, 3.63) is 52.5 Å². The van der Waals surface area contributed by atoms with Crippen molar-refractivity contribution in [2.45, 2.75) is 17.2 Å². The van der Waals surface area contributed by atoms with Crippen LogP contribution in [-0.4, -0.2) is 43.2 Å². The molecule has 29 heavy (non-hydrogen) atoms. The highest BCUT2D eigenvalue weighted by Gasteiger charge is 2.35. The third-order valence-corrected chi connectivity index (χ3v) is 6.45. The number of aromatic nitrogens is 2. The molecule has 11 heteroatoms. The predicted octanol–water partition coefficient (Wildman–Crippen LogP) is 2.31. The number of amides is 2. The van der Waals surface area contributed by atoms with Crippen LogP contribution < -0.4 is 10.2 Å². The lowest BCUT2D eigenvalue weighted by Crippen LogP contribution is -2.24. The summed E-state index contributed by atoms with van der Waals surface area (Å²) in [5, 5.41) is 12.1. The number of carbonyl (C=O) groups excluding carboxylic acids is 2. The lowest BCUT2D eigenvalue weighted by atomic mass is 10.1. The highest BCUT2D eigenvalue weighted by atomic mass is 32.2. The summed E-state index contributed by atoms with van der Waals surface area (Å²) in [6, 6.07) is 9.54. The van der Waals surface area contributed by atoms with E-state index in [1.54, 1.807) is 34.5 Å². The van der Waals surface area contributed by atoms with Crippen molar-refractivity contribution in [3.8, 4) is 0 Å². The Bertz CT molecular complexity index is 1150. The Morgan fingerprint density at radius 1 is 1.24 bits per heavy atom. The molecule has 3 heterocycles. The summed E-state index contributed by atoms with van der Waals surface area (Å²) in [7, 11) is -3.30. The van der Waals surface area contributed by atoms with Gasteiger partial charge in [-0.25, -0.2) is 8.42 Å². The number of anilines is 2. The van der Waals surface area contributed by atoms with Gasteiger partial charge in [-0.2, -0.15) is 0 Å². The van der Waals surface area contributed by atoms with Crippen molar-refractivity contribution in [3.63, 3.8) is 0 Å². The molecule has 1 aliphatic heterocycles. The summed E-state index contributed by atoms with van der Waals surface area (Å²) < 4.78 is 28.7. The summed E-state index contributed by atoms with van der Waals surface area (Å²) in [6.07, 6.45) is 1.30. The fourth-order valence-electron chi connectivity index (χ4n) is 3.01. The van der Waals surface area contributed by atoms with E-state index in [0.717, 1.165) is 6.26 Å². The van der Waals surface area contributed by atoms with Crippen molar-refractivity contribution < 1.29 is 22.4 Å². The SMILES string of the molecule is CS(=O)(=O)c1ccc(N2CC(c3nnc(NC(=O)c4cccs4)o3)CC2=O)cc1. The van der Waals surface area contributed by atoms with Crippen molar-refractivity contribution in [2.75, 3.05) is 23.0 Å². The van der Waals surface area contributed by atoms with Crippen LogP contribution in [0.2, 0.25) is 0 Å². The van der Waals surface area contributed by atoms with Gasteiger partial charge in [-0.3, -0.25) is 14.9 Å². The third-order valence-electron chi connectivity index (χ3n) is 4.46. The van der Waals surface area contributed by atoms with E-state index in [0.29, 0.717) is 17.1 Å². The third kappa shape index (κ3) is 4.05. The molecule has 4 rings (SSSR count). The summed E-state index contributed by atoms with van der Waals surface area (Å²) in [4.78, 5) is 26.7. The smallest absolute Gasteiger partial charge is 0.322 e. The van der Waals surface area contributed by atoms with Gasteiger partial charge in [-0.1, -0.05) is 11.2 Å². The van der Waals surface area contributed by atoms with Gasteiger partial charge in [0.25, 0.3) is 5.91 Å². The molecule has 1 aliphatic rings. The minimum Gasteiger partial charge on any atom is -0.407 e. The number of benzene rings is 1. The van der Waals surface area contributed by atoms with Crippen molar-refractivity contribution in [1.82, 2.24) is 10.2 Å². The molecule has 9 nitrogen and oxygen atoms in total. The average Bonchev–Trinajstić information content (AvgIpc) is 3.41. The molecule has 0 bridgehead atoms.